The van der Waals surface area contributed by atoms with Gasteiger partial charge in [0.15, 0.2) is 17.5 Å². The molecule has 0 N–H and O–H groups in total. The predicted molar refractivity (Wildman–Crippen MR) is 204 cm³/mol. The second-order valence-electron chi connectivity index (χ2n) is 12.5. The van der Waals surface area contributed by atoms with Crippen LogP contribution >= 0.6 is 0 Å². The van der Waals surface area contributed by atoms with Gasteiger partial charge in [0.2, 0.25) is 0 Å². The maximum atomic E-state index is 6.49. The minimum atomic E-state index is 0.583. The smallest absolute Gasteiger partial charge is 0.164 e. The molecule has 0 saturated heterocycles. The zero-order valence-electron chi connectivity index (χ0n) is 27.4. The van der Waals surface area contributed by atoms with Gasteiger partial charge < -0.3 is 4.42 Å². The monoisotopic (exact) mass is 641 g/mol. The van der Waals surface area contributed by atoms with E-state index in [1.165, 1.54) is 5.56 Å². The van der Waals surface area contributed by atoms with Gasteiger partial charge in [-0.15, -0.1) is 0 Å². The van der Waals surface area contributed by atoms with Gasteiger partial charge in [0, 0.05) is 27.5 Å². The Bertz CT molecular complexity index is 2660. The lowest BCUT2D eigenvalue weighted by Gasteiger charge is -2.13. The lowest BCUT2D eigenvalue weighted by molar-refractivity contribution is 0.669. The number of rotatable bonds is 6. The Balaban J connectivity index is 1.24. The molecule has 50 heavy (non-hydrogen) atoms. The van der Waals surface area contributed by atoms with Gasteiger partial charge >= 0.3 is 0 Å². The van der Waals surface area contributed by atoms with Crippen LogP contribution in [0.5, 0.6) is 0 Å². The normalized spacial score (nSPS) is 11.3. The Labute approximate surface area is 290 Å². The van der Waals surface area contributed by atoms with Gasteiger partial charge in [0.25, 0.3) is 0 Å². The Morgan fingerprint density at radius 1 is 0.360 bits per heavy atom. The average Bonchev–Trinajstić information content (AvgIpc) is 3.57. The fourth-order valence-electron chi connectivity index (χ4n) is 6.79. The van der Waals surface area contributed by atoms with Crippen LogP contribution in [-0.2, 0) is 0 Å². The van der Waals surface area contributed by atoms with Gasteiger partial charge in [-0.1, -0.05) is 151 Å². The second kappa shape index (κ2) is 12.4. The minimum absolute atomic E-state index is 0.583. The molecule has 0 atom stereocenters. The van der Waals surface area contributed by atoms with Crippen molar-refractivity contribution in [2.75, 3.05) is 0 Å². The summed E-state index contributed by atoms with van der Waals surface area (Å²) in [5, 5.41) is 2.15. The molecule has 2 heterocycles. The summed E-state index contributed by atoms with van der Waals surface area (Å²) in [5.41, 5.74) is 12.3. The zero-order chi connectivity index (χ0) is 33.4. The number of nitrogens with zero attached hydrogens (tertiary/aromatic N) is 3. The summed E-state index contributed by atoms with van der Waals surface area (Å²) in [6.45, 7) is 2.11. The summed E-state index contributed by atoms with van der Waals surface area (Å²) in [6.07, 6.45) is 0. The lowest BCUT2D eigenvalue weighted by Crippen LogP contribution is -2.01. The van der Waals surface area contributed by atoms with Crippen LogP contribution in [0.25, 0.3) is 89.5 Å². The Hall–Kier alpha value is -6.65. The fraction of sp³-hybridized carbons (Fsp3) is 0.0217. The van der Waals surface area contributed by atoms with Crippen molar-refractivity contribution < 1.29 is 4.42 Å². The van der Waals surface area contributed by atoms with Gasteiger partial charge in [-0.2, -0.15) is 0 Å². The molecule has 0 aliphatic rings. The highest BCUT2D eigenvalue weighted by Gasteiger charge is 2.18. The van der Waals surface area contributed by atoms with Crippen molar-refractivity contribution in [2.24, 2.45) is 0 Å². The van der Waals surface area contributed by atoms with Gasteiger partial charge in [0.1, 0.15) is 11.2 Å². The van der Waals surface area contributed by atoms with Crippen LogP contribution in [-0.4, -0.2) is 15.0 Å². The fourth-order valence-corrected chi connectivity index (χ4v) is 6.79. The molecule has 236 valence electrons. The summed E-state index contributed by atoms with van der Waals surface area (Å²) < 4.78 is 6.49. The van der Waals surface area contributed by atoms with Crippen molar-refractivity contribution in [3.63, 3.8) is 0 Å². The van der Waals surface area contributed by atoms with Crippen molar-refractivity contribution in [1.82, 2.24) is 15.0 Å². The molecule has 4 nitrogen and oxygen atoms in total. The molecule has 0 saturated carbocycles. The van der Waals surface area contributed by atoms with Crippen LogP contribution in [0.2, 0.25) is 0 Å². The summed E-state index contributed by atoms with van der Waals surface area (Å²) in [4.78, 5) is 15.4. The quantitative estimate of drug-likeness (QED) is 0.181. The van der Waals surface area contributed by atoms with E-state index in [0.29, 0.717) is 17.5 Å². The molecule has 0 aliphatic carbocycles. The lowest BCUT2D eigenvalue weighted by atomic mass is 9.97. The van der Waals surface area contributed by atoms with Gasteiger partial charge in [-0.3, -0.25) is 0 Å². The van der Waals surface area contributed by atoms with Crippen LogP contribution in [0, 0.1) is 6.92 Å². The summed E-state index contributed by atoms with van der Waals surface area (Å²) in [5.74, 6) is 1.81. The van der Waals surface area contributed by atoms with Gasteiger partial charge in [-0.25, -0.2) is 15.0 Å². The SMILES string of the molecule is Cc1cccc(-c2ccccc2-c2nc(-c3cccc(-c4ccccc4)c3)nc(-c3ccc4c(c3)oc3cccc(-c5ccccc5)c34)n2)c1. The molecule has 9 rings (SSSR count). The van der Waals surface area contributed by atoms with Crippen LogP contribution < -0.4 is 0 Å². The first kappa shape index (κ1) is 29.5. The molecular weight excluding hydrogens is 611 g/mol. The molecule has 2 aromatic heterocycles. The van der Waals surface area contributed by atoms with Gasteiger partial charge in [-0.05, 0) is 64.6 Å². The first-order valence-corrected chi connectivity index (χ1v) is 16.8. The topological polar surface area (TPSA) is 51.8 Å². The predicted octanol–water partition coefficient (Wildman–Crippen LogP) is 12.1. The second-order valence-corrected chi connectivity index (χ2v) is 12.5. The van der Waals surface area contributed by atoms with Crippen LogP contribution in [0.4, 0.5) is 0 Å². The van der Waals surface area contributed by atoms with E-state index < -0.39 is 0 Å². The van der Waals surface area contributed by atoms with E-state index in [0.717, 1.165) is 72.0 Å². The van der Waals surface area contributed by atoms with Crippen LogP contribution in [0.15, 0.2) is 174 Å². The van der Waals surface area contributed by atoms with E-state index in [4.69, 9.17) is 19.4 Å². The Kier molecular flexibility index (Phi) is 7.33. The first-order valence-electron chi connectivity index (χ1n) is 16.8. The highest BCUT2D eigenvalue weighted by atomic mass is 16.3. The molecule has 0 spiro atoms. The van der Waals surface area contributed by atoms with Crippen molar-refractivity contribution >= 4 is 21.9 Å². The van der Waals surface area contributed by atoms with E-state index in [1.54, 1.807) is 0 Å². The average molecular weight is 642 g/mol. The Morgan fingerprint density at radius 2 is 0.940 bits per heavy atom. The maximum Gasteiger partial charge on any atom is 0.164 e. The van der Waals surface area contributed by atoms with Crippen molar-refractivity contribution in [1.29, 1.82) is 0 Å². The third-order valence-electron chi connectivity index (χ3n) is 9.20. The largest absolute Gasteiger partial charge is 0.456 e. The molecule has 0 bridgehead atoms. The maximum absolute atomic E-state index is 6.49. The summed E-state index contributed by atoms with van der Waals surface area (Å²) >= 11 is 0. The third kappa shape index (κ3) is 5.43. The van der Waals surface area contributed by atoms with Gasteiger partial charge in [0.05, 0.1) is 0 Å². The Morgan fingerprint density at radius 3 is 1.72 bits per heavy atom. The minimum Gasteiger partial charge on any atom is -0.456 e. The molecule has 0 radical (unpaired) electrons. The van der Waals surface area contributed by atoms with E-state index >= 15 is 0 Å². The highest BCUT2D eigenvalue weighted by molar-refractivity contribution is 6.13. The van der Waals surface area contributed by atoms with Crippen molar-refractivity contribution in [3.8, 4) is 67.5 Å². The number of fused-ring (bicyclic) bond motifs is 3. The zero-order valence-corrected chi connectivity index (χ0v) is 27.4. The molecule has 0 amide bonds. The summed E-state index contributed by atoms with van der Waals surface area (Å²) in [6, 6.07) is 58.6. The molecular formula is C46H31N3O. The number of aromatic nitrogens is 3. The summed E-state index contributed by atoms with van der Waals surface area (Å²) in [7, 11) is 0. The number of aryl methyl sites for hydroxylation is 1. The number of benzene rings is 7. The number of hydrogen-bond acceptors (Lipinski definition) is 4. The molecule has 7 aromatic carbocycles. The molecule has 0 aliphatic heterocycles. The molecule has 4 heteroatoms. The van der Waals surface area contributed by atoms with Crippen LogP contribution in [0.3, 0.4) is 0 Å². The molecule has 9 aromatic rings. The van der Waals surface area contributed by atoms with E-state index in [1.807, 2.05) is 30.3 Å². The van der Waals surface area contributed by atoms with E-state index in [9.17, 15) is 0 Å². The van der Waals surface area contributed by atoms with Crippen molar-refractivity contribution in [3.05, 3.63) is 175 Å². The first-order chi connectivity index (χ1) is 24.7. The van der Waals surface area contributed by atoms with Crippen molar-refractivity contribution in [2.45, 2.75) is 6.92 Å². The number of furan rings is 1. The highest BCUT2D eigenvalue weighted by Crippen LogP contribution is 2.39. The van der Waals surface area contributed by atoms with E-state index in [2.05, 4.69) is 146 Å². The van der Waals surface area contributed by atoms with E-state index in [-0.39, 0.29) is 0 Å². The molecule has 0 unspecified atom stereocenters. The van der Waals surface area contributed by atoms with Crippen LogP contribution in [0.1, 0.15) is 5.56 Å². The molecule has 0 fully saturated rings. The standard InChI is InChI=1S/C46H31N3O/c1-30-13-10-19-34(27-30)37-21-8-9-22-39(37)46-48-44(35-20-11-18-33(28-35)31-14-4-2-5-15-31)47-45(49-46)36-25-26-40-42(29-36)50-41-24-12-23-38(43(40)41)32-16-6-3-7-17-32/h2-29H,1H3. The third-order valence-corrected chi connectivity index (χ3v) is 9.20. The number of hydrogen-bond donors (Lipinski definition) is 0.